The van der Waals surface area contributed by atoms with Crippen LogP contribution in [-0.4, -0.2) is 27.9 Å². The highest BCUT2D eigenvalue weighted by atomic mass is 35.5. The van der Waals surface area contributed by atoms with E-state index in [1.165, 1.54) is 16.2 Å². The van der Waals surface area contributed by atoms with Gasteiger partial charge in [0.25, 0.3) is 5.78 Å². The lowest BCUT2D eigenvalue weighted by molar-refractivity contribution is -0.132. The Morgan fingerprint density at radius 3 is 2.65 bits per heavy atom. The monoisotopic (exact) mass is 570 g/mol. The second-order valence-electron chi connectivity index (χ2n) is 8.91. The molecule has 0 unspecified atom stereocenters. The van der Waals surface area contributed by atoms with Gasteiger partial charge in [-0.2, -0.15) is 0 Å². The molecule has 10 heteroatoms. The van der Waals surface area contributed by atoms with Gasteiger partial charge in [0.2, 0.25) is 0 Å². The zero-order chi connectivity index (χ0) is 26.0. The fourth-order valence-electron chi connectivity index (χ4n) is 4.74. The Balaban J connectivity index is 1.55. The van der Waals surface area contributed by atoms with Crippen molar-refractivity contribution >= 4 is 78.9 Å². The van der Waals surface area contributed by atoms with Gasteiger partial charge in [-0.05, 0) is 66.6 Å². The van der Waals surface area contributed by atoms with E-state index in [0.717, 1.165) is 16.0 Å². The highest BCUT2D eigenvalue weighted by molar-refractivity contribution is 7.22. The molecule has 0 spiro atoms. The molecular formula is C27H17Cl3N2O4S. The van der Waals surface area contributed by atoms with Crippen molar-refractivity contribution in [2.75, 3.05) is 4.90 Å². The maximum atomic E-state index is 13.5. The van der Waals surface area contributed by atoms with Crippen LogP contribution in [0.4, 0.5) is 5.13 Å². The minimum atomic E-state index is -0.978. The molecule has 0 radical (unpaired) electrons. The second-order valence-corrected chi connectivity index (χ2v) is 11.2. The number of carbonyl (C=O) groups excluding carboxylic acids is 2. The van der Waals surface area contributed by atoms with E-state index in [2.05, 4.69) is 4.98 Å². The van der Waals surface area contributed by atoms with Gasteiger partial charge in [-0.15, -0.1) is 0 Å². The van der Waals surface area contributed by atoms with E-state index in [9.17, 15) is 14.7 Å². The maximum Gasteiger partial charge on any atom is 0.301 e. The number of nitrogens with zero attached hydrogens (tertiary/aromatic N) is 2. The number of ketones is 1. The number of ether oxygens (including phenoxy) is 1. The first-order valence-corrected chi connectivity index (χ1v) is 13.3. The summed E-state index contributed by atoms with van der Waals surface area (Å²) in [5, 5.41) is 12.9. The van der Waals surface area contributed by atoms with E-state index in [4.69, 9.17) is 39.5 Å². The fraction of sp³-hybridized carbons (Fsp3) is 0.148. The smallest absolute Gasteiger partial charge is 0.301 e. The molecule has 1 fully saturated rings. The Morgan fingerprint density at radius 2 is 1.86 bits per heavy atom. The highest BCUT2D eigenvalue weighted by Crippen LogP contribution is 2.46. The highest BCUT2D eigenvalue weighted by Gasteiger charge is 2.48. The molecule has 6 rings (SSSR count). The summed E-state index contributed by atoms with van der Waals surface area (Å²) in [4.78, 5) is 32.8. The molecule has 0 aliphatic carbocycles. The van der Waals surface area contributed by atoms with Crippen LogP contribution in [0.5, 0.6) is 5.75 Å². The number of carbonyl (C=O) groups is 2. The van der Waals surface area contributed by atoms with E-state index in [1.54, 1.807) is 54.6 Å². The van der Waals surface area contributed by atoms with E-state index in [0.29, 0.717) is 38.2 Å². The van der Waals surface area contributed by atoms with Crippen LogP contribution in [0, 0.1) is 0 Å². The number of Topliss-reactive ketones (excluding diaryl/α,β-unsaturated/α-hetero) is 1. The van der Waals surface area contributed by atoms with Crippen molar-refractivity contribution in [2.45, 2.75) is 25.5 Å². The average Bonchev–Trinajstić information content (AvgIpc) is 3.52. The van der Waals surface area contributed by atoms with Gasteiger partial charge >= 0.3 is 5.91 Å². The largest absolute Gasteiger partial charge is 0.507 e. The number of halogens is 3. The molecule has 3 heterocycles. The van der Waals surface area contributed by atoms with Crippen LogP contribution in [0.1, 0.15) is 29.7 Å². The third-order valence-corrected chi connectivity index (χ3v) is 8.41. The number of benzene rings is 3. The van der Waals surface area contributed by atoms with Crippen molar-refractivity contribution in [1.29, 1.82) is 0 Å². The zero-order valence-corrected chi connectivity index (χ0v) is 22.3. The number of aromatic nitrogens is 1. The summed E-state index contributed by atoms with van der Waals surface area (Å²) in [6, 6.07) is 14.3. The molecule has 4 aromatic rings. The molecular weight excluding hydrogens is 555 g/mol. The van der Waals surface area contributed by atoms with Crippen molar-refractivity contribution in [2.24, 2.45) is 0 Å². The average molecular weight is 572 g/mol. The molecule has 1 N–H and O–H groups in total. The van der Waals surface area contributed by atoms with Crippen molar-refractivity contribution in [1.82, 2.24) is 4.98 Å². The summed E-state index contributed by atoms with van der Waals surface area (Å²) in [5.74, 6) is -1.18. The fourth-order valence-corrected chi connectivity index (χ4v) is 6.32. The SMILES string of the molecule is C[C@H]1Cc2cc(C(O)=C3C(=O)C(=O)N(c4nc5ccc(Cl)cc5s4)[C@H]3c3ccc(Cl)c(Cl)c3)ccc2O1. The predicted octanol–water partition coefficient (Wildman–Crippen LogP) is 7.21. The third-order valence-electron chi connectivity index (χ3n) is 6.42. The summed E-state index contributed by atoms with van der Waals surface area (Å²) in [6.07, 6.45) is 0.691. The molecule has 37 heavy (non-hydrogen) atoms. The number of aliphatic hydroxyl groups is 1. The van der Waals surface area contributed by atoms with Gasteiger partial charge in [-0.3, -0.25) is 14.5 Å². The van der Waals surface area contributed by atoms with Crippen molar-refractivity contribution in [3.05, 3.63) is 91.9 Å². The maximum absolute atomic E-state index is 13.5. The molecule has 186 valence electrons. The quantitative estimate of drug-likeness (QED) is 0.160. The molecule has 0 saturated carbocycles. The Morgan fingerprint density at radius 1 is 1.05 bits per heavy atom. The van der Waals surface area contributed by atoms with Crippen LogP contribution < -0.4 is 9.64 Å². The molecule has 6 nitrogen and oxygen atoms in total. The number of amides is 1. The molecule has 2 aliphatic rings. The summed E-state index contributed by atoms with van der Waals surface area (Å²) in [6.45, 7) is 1.96. The summed E-state index contributed by atoms with van der Waals surface area (Å²) in [7, 11) is 0. The van der Waals surface area contributed by atoms with E-state index < -0.39 is 17.7 Å². The Hall–Kier alpha value is -3.10. The van der Waals surface area contributed by atoms with Crippen LogP contribution in [0.25, 0.3) is 16.0 Å². The molecule has 2 aliphatic heterocycles. The first-order valence-electron chi connectivity index (χ1n) is 11.3. The lowest BCUT2D eigenvalue weighted by Crippen LogP contribution is -2.29. The van der Waals surface area contributed by atoms with Crippen LogP contribution in [0.15, 0.2) is 60.2 Å². The Labute approximate surface area is 230 Å². The topological polar surface area (TPSA) is 79.7 Å². The van der Waals surface area contributed by atoms with Gasteiger partial charge in [0.05, 0.1) is 31.9 Å². The predicted molar refractivity (Wildman–Crippen MR) is 146 cm³/mol. The van der Waals surface area contributed by atoms with E-state index in [1.807, 2.05) is 6.92 Å². The van der Waals surface area contributed by atoms with Crippen LogP contribution >= 0.6 is 46.1 Å². The molecule has 3 aromatic carbocycles. The molecule has 1 saturated heterocycles. The summed E-state index contributed by atoms with van der Waals surface area (Å²) < 4.78 is 6.52. The molecule has 0 bridgehead atoms. The van der Waals surface area contributed by atoms with Gasteiger partial charge in [0, 0.05) is 17.0 Å². The standard InChI is InChI=1S/C27H17Cl3N2O4S/c1-12-8-15-9-14(3-7-20(15)36-12)24(33)22-23(13-2-5-17(29)18(30)10-13)32(26(35)25(22)34)27-31-19-6-4-16(28)11-21(19)37-27/h2-7,9-12,23,33H,8H2,1H3/t12-,23-/m0/s1. The van der Waals surface area contributed by atoms with Crippen LogP contribution in [0.3, 0.4) is 0 Å². The van der Waals surface area contributed by atoms with E-state index in [-0.39, 0.29) is 22.5 Å². The van der Waals surface area contributed by atoms with Crippen LogP contribution in [-0.2, 0) is 16.0 Å². The number of fused-ring (bicyclic) bond motifs is 2. The van der Waals surface area contributed by atoms with Crippen molar-refractivity contribution in [3.8, 4) is 5.75 Å². The van der Waals surface area contributed by atoms with Gasteiger partial charge in [0.1, 0.15) is 17.6 Å². The lowest BCUT2D eigenvalue weighted by Gasteiger charge is -2.23. The number of hydrogen-bond acceptors (Lipinski definition) is 6. The third kappa shape index (κ3) is 4.07. The number of anilines is 1. The van der Waals surface area contributed by atoms with E-state index >= 15 is 0 Å². The summed E-state index contributed by atoms with van der Waals surface area (Å²) in [5.41, 5.74) is 2.40. The number of aliphatic hydroxyl groups excluding tert-OH is 1. The first-order chi connectivity index (χ1) is 17.7. The minimum Gasteiger partial charge on any atom is -0.507 e. The number of hydrogen-bond donors (Lipinski definition) is 1. The minimum absolute atomic E-state index is 0.0155. The normalized spacial score (nSPS) is 20.5. The van der Waals surface area contributed by atoms with Gasteiger partial charge in [-0.25, -0.2) is 4.98 Å². The lowest BCUT2D eigenvalue weighted by atomic mass is 9.94. The molecule has 2 atom stereocenters. The van der Waals surface area contributed by atoms with Gasteiger partial charge < -0.3 is 9.84 Å². The van der Waals surface area contributed by atoms with Crippen molar-refractivity contribution < 1.29 is 19.4 Å². The number of rotatable bonds is 3. The first kappa shape index (κ1) is 24.2. The van der Waals surface area contributed by atoms with Gasteiger partial charge in [-0.1, -0.05) is 52.2 Å². The van der Waals surface area contributed by atoms with Gasteiger partial charge in [0.15, 0.2) is 5.13 Å². The number of thiazole rings is 1. The Bertz CT molecular complexity index is 1660. The van der Waals surface area contributed by atoms with Crippen molar-refractivity contribution in [3.63, 3.8) is 0 Å². The van der Waals surface area contributed by atoms with Crippen LogP contribution in [0.2, 0.25) is 15.1 Å². The summed E-state index contributed by atoms with van der Waals surface area (Å²) >= 11 is 19.8. The zero-order valence-electron chi connectivity index (χ0n) is 19.2. The Kier molecular flexibility index (Phi) is 5.92. The second kappa shape index (κ2) is 9.03. The molecule has 1 amide bonds. The molecule has 1 aromatic heterocycles.